The maximum Gasteiger partial charge on any atom is 0.139 e. The van der Waals surface area contributed by atoms with E-state index in [4.69, 9.17) is 21.6 Å². The highest BCUT2D eigenvalue weighted by Crippen LogP contribution is 2.29. The smallest absolute Gasteiger partial charge is 0.139 e. The SMILES string of the molecule is N#Cc1c(Cl)cccc1OC1CCCCC1O. The summed E-state index contributed by atoms with van der Waals surface area (Å²) in [6.45, 7) is 0. The van der Waals surface area contributed by atoms with Crippen molar-refractivity contribution in [3.05, 3.63) is 28.8 Å². The van der Waals surface area contributed by atoms with Crippen LogP contribution in [0.4, 0.5) is 0 Å². The van der Waals surface area contributed by atoms with Gasteiger partial charge in [0.1, 0.15) is 23.5 Å². The number of aliphatic hydroxyl groups is 1. The minimum Gasteiger partial charge on any atom is -0.486 e. The van der Waals surface area contributed by atoms with Gasteiger partial charge in [0.25, 0.3) is 0 Å². The first-order valence-corrected chi connectivity index (χ1v) is 6.13. The zero-order valence-electron chi connectivity index (χ0n) is 9.40. The molecule has 0 heterocycles. The third-order valence-corrected chi connectivity index (χ3v) is 3.35. The van der Waals surface area contributed by atoms with Crippen LogP contribution in [-0.2, 0) is 0 Å². The highest BCUT2D eigenvalue weighted by Gasteiger charge is 2.25. The van der Waals surface area contributed by atoms with E-state index < -0.39 is 6.10 Å². The molecular weight excluding hydrogens is 238 g/mol. The second kappa shape index (κ2) is 5.39. The van der Waals surface area contributed by atoms with E-state index >= 15 is 0 Å². The monoisotopic (exact) mass is 251 g/mol. The number of benzene rings is 1. The summed E-state index contributed by atoms with van der Waals surface area (Å²) in [5, 5.41) is 19.2. The van der Waals surface area contributed by atoms with Gasteiger partial charge in [-0.2, -0.15) is 5.26 Å². The van der Waals surface area contributed by atoms with Crippen LogP contribution >= 0.6 is 11.6 Å². The van der Waals surface area contributed by atoms with Gasteiger partial charge in [-0.05, 0) is 31.4 Å². The lowest BCUT2D eigenvalue weighted by atomic mass is 9.95. The quantitative estimate of drug-likeness (QED) is 0.879. The van der Waals surface area contributed by atoms with Crippen molar-refractivity contribution in [3.8, 4) is 11.8 Å². The van der Waals surface area contributed by atoms with Crippen LogP contribution in [0.25, 0.3) is 0 Å². The number of halogens is 1. The van der Waals surface area contributed by atoms with Crippen molar-refractivity contribution in [2.75, 3.05) is 0 Å². The van der Waals surface area contributed by atoms with Gasteiger partial charge in [-0.1, -0.05) is 24.1 Å². The Balaban J connectivity index is 2.18. The second-order valence-electron chi connectivity index (χ2n) is 4.23. The molecule has 3 nitrogen and oxygen atoms in total. The van der Waals surface area contributed by atoms with Crippen molar-refractivity contribution in [1.29, 1.82) is 5.26 Å². The molecule has 1 fully saturated rings. The Hall–Kier alpha value is -1.24. The molecule has 2 rings (SSSR count). The largest absolute Gasteiger partial charge is 0.486 e. The fraction of sp³-hybridized carbons (Fsp3) is 0.462. The Kier molecular flexibility index (Phi) is 3.88. The number of rotatable bonds is 2. The standard InChI is InChI=1S/C13H14ClNO2/c14-10-4-3-7-12(9(10)8-15)17-13-6-2-1-5-11(13)16/h3-4,7,11,13,16H,1-2,5-6H2. The van der Waals surface area contributed by atoms with E-state index in [1.165, 1.54) is 0 Å². The second-order valence-corrected chi connectivity index (χ2v) is 4.64. The molecule has 0 radical (unpaired) electrons. The average Bonchev–Trinajstić information content (AvgIpc) is 2.32. The van der Waals surface area contributed by atoms with Crippen LogP contribution in [0.3, 0.4) is 0 Å². The van der Waals surface area contributed by atoms with Gasteiger partial charge in [0.15, 0.2) is 0 Å². The van der Waals surface area contributed by atoms with E-state index in [0.29, 0.717) is 16.3 Å². The van der Waals surface area contributed by atoms with Crippen molar-refractivity contribution in [3.63, 3.8) is 0 Å². The van der Waals surface area contributed by atoms with Crippen LogP contribution in [0.15, 0.2) is 18.2 Å². The van der Waals surface area contributed by atoms with Gasteiger partial charge in [0.05, 0.1) is 11.1 Å². The molecule has 1 saturated carbocycles. The maximum absolute atomic E-state index is 9.82. The molecule has 0 aliphatic heterocycles. The molecule has 0 saturated heterocycles. The van der Waals surface area contributed by atoms with E-state index in [2.05, 4.69) is 0 Å². The molecule has 2 unspecified atom stereocenters. The van der Waals surface area contributed by atoms with Crippen molar-refractivity contribution in [2.45, 2.75) is 37.9 Å². The summed E-state index contributed by atoms with van der Waals surface area (Å²) in [6.07, 6.45) is 2.97. The molecule has 0 spiro atoms. The Labute approximate surface area is 106 Å². The van der Waals surface area contributed by atoms with Crippen LogP contribution in [-0.4, -0.2) is 17.3 Å². The van der Waals surface area contributed by atoms with Gasteiger partial charge in [0, 0.05) is 0 Å². The van der Waals surface area contributed by atoms with E-state index in [1.807, 2.05) is 6.07 Å². The number of ether oxygens (including phenoxy) is 1. The fourth-order valence-electron chi connectivity index (χ4n) is 2.09. The fourth-order valence-corrected chi connectivity index (χ4v) is 2.30. The Morgan fingerprint density at radius 2 is 2.12 bits per heavy atom. The number of hydrogen-bond acceptors (Lipinski definition) is 3. The zero-order chi connectivity index (χ0) is 12.3. The molecule has 1 aromatic rings. The van der Waals surface area contributed by atoms with Crippen molar-refractivity contribution >= 4 is 11.6 Å². The van der Waals surface area contributed by atoms with Crippen LogP contribution in [0, 0.1) is 11.3 Å². The Bertz CT molecular complexity index is 442. The van der Waals surface area contributed by atoms with Gasteiger partial charge in [-0.15, -0.1) is 0 Å². The van der Waals surface area contributed by atoms with E-state index in [-0.39, 0.29) is 6.10 Å². The molecule has 1 aromatic carbocycles. The number of nitrogens with zero attached hydrogens (tertiary/aromatic N) is 1. The molecule has 90 valence electrons. The lowest BCUT2D eigenvalue weighted by molar-refractivity contribution is 0.00674. The number of nitriles is 1. The molecule has 1 N–H and O–H groups in total. The van der Waals surface area contributed by atoms with Gasteiger partial charge in [-0.3, -0.25) is 0 Å². The first-order valence-electron chi connectivity index (χ1n) is 5.75. The molecule has 4 heteroatoms. The van der Waals surface area contributed by atoms with Crippen LogP contribution in [0.2, 0.25) is 5.02 Å². The molecule has 1 aliphatic carbocycles. The summed E-state index contributed by atoms with van der Waals surface area (Å²) in [6, 6.07) is 7.14. The third-order valence-electron chi connectivity index (χ3n) is 3.03. The van der Waals surface area contributed by atoms with Crippen molar-refractivity contribution < 1.29 is 9.84 Å². The predicted octanol–water partition coefficient (Wildman–Crippen LogP) is 2.89. The molecule has 17 heavy (non-hydrogen) atoms. The first-order chi connectivity index (χ1) is 8.22. The minimum atomic E-state index is -0.450. The lowest BCUT2D eigenvalue weighted by Crippen LogP contribution is -2.34. The molecule has 2 atom stereocenters. The average molecular weight is 252 g/mol. The first kappa shape index (κ1) is 12.2. The van der Waals surface area contributed by atoms with Crippen LogP contribution < -0.4 is 4.74 Å². The molecular formula is C13H14ClNO2. The zero-order valence-corrected chi connectivity index (χ0v) is 10.2. The third kappa shape index (κ3) is 2.71. The molecule has 0 aromatic heterocycles. The maximum atomic E-state index is 9.82. The summed E-state index contributed by atoms with van der Waals surface area (Å²) in [5.41, 5.74) is 0.340. The van der Waals surface area contributed by atoms with E-state index in [9.17, 15) is 5.11 Å². The van der Waals surface area contributed by atoms with E-state index in [1.54, 1.807) is 18.2 Å². The van der Waals surface area contributed by atoms with Gasteiger partial charge in [-0.25, -0.2) is 0 Å². The normalized spacial score (nSPS) is 24.1. The van der Waals surface area contributed by atoms with Crippen LogP contribution in [0.1, 0.15) is 31.2 Å². The predicted molar refractivity (Wildman–Crippen MR) is 65.1 cm³/mol. The van der Waals surface area contributed by atoms with Gasteiger partial charge < -0.3 is 9.84 Å². The van der Waals surface area contributed by atoms with Gasteiger partial charge in [0.2, 0.25) is 0 Å². The van der Waals surface area contributed by atoms with Crippen molar-refractivity contribution in [1.82, 2.24) is 0 Å². The highest BCUT2D eigenvalue weighted by atomic mass is 35.5. The Morgan fingerprint density at radius 3 is 2.82 bits per heavy atom. The van der Waals surface area contributed by atoms with Crippen molar-refractivity contribution in [2.24, 2.45) is 0 Å². The number of aliphatic hydroxyl groups excluding tert-OH is 1. The molecule has 0 amide bonds. The summed E-state index contributed by atoms with van der Waals surface area (Å²) in [5.74, 6) is 0.464. The van der Waals surface area contributed by atoms with Crippen LogP contribution in [0.5, 0.6) is 5.75 Å². The highest BCUT2D eigenvalue weighted by molar-refractivity contribution is 6.31. The van der Waals surface area contributed by atoms with Gasteiger partial charge >= 0.3 is 0 Å². The minimum absolute atomic E-state index is 0.227. The summed E-state index contributed by atoms with van der Waals surface area (Å²) in [7, 11) is 0. The summed E-state index contributed by atoms with van der Waals surface area (Å²) < 4.78 is 5.71. The number of hydrogen-bond donors (Lipinski definition) is 1. The Morgan fingerprint density at radius 1 is 1.35 bits per heavy atom. The summed E-state index contributed by atoms with van der Waals surface area (Å²) >= 11 is 5.92. The lowest BCUT2D eigenvalue weighted by Gasteiger charge is -2.28. The molecule has 1 aliphatic rings. The summed E-state index contributed by atoms with van der Waals surface area (Å²) in [4.78, 5) is 0. The van der Waals surface area contributed by atoms with E-state index in [0.717, 1.165) is 25.7 Å². The topological polar surface area (TPSA) is 53.2 Å². The molecule has 0 bridgehead atoms.